The van der Waals surface area contributed by atoms with E-state index in [1.807, 2.05) is 12.1 Å². The largest absolute Gasteiger partial charge is 0.493 e. The molecule has 1 atom stereocenters. The highest BCUT2D eigenvalue weighted by molar-refractivity contribution is 6.30. The fourth-order valence-corrected chi connectivity index (χ4v) is 3.72. The van der Waals surface area contributed by atoms with Crippen molar-refractivity contribution in [3.05, 3.63) is 28.3 Å². The summed E-state index contributed by atoms with van der Waals surface area (Å²) in [4.78, 5) is 0. The van der Waals surface area contributed by atoms with E-state index in [0.717, 1.165) is 30.2 Å². The van der Waals surface area contributed by atoms with Crippen molar-refractivity contribution >= 4 is 11.6 Å². The molecule has 1 fully saturated rings. The van der Waals surface area contributed by atoms with Gasteiger partial charge in [0.15, 0.2) is 0 Å². The third-order valence-corrected chi connectivity index (χ3v) is 4.67. The van der Waals surface area contributed by atoms with Gasteiger partial charge in [-0.15, -0.1) is 0 Å². The molecule has 1 aliphatic heterocycles. The molecule has 2 aliphatic rings. The number of hydrogen-bond acceptors (Lipinski definition) is 3. The Morgan fingerprint density at radius 3 is 2.89 bits per heavy atom. The molecule has 0 aromatic heterocycles. The lowest BCUT2D eigenvalue weighted by atomic mass is 9.91. The molecule has 3 N–H and O–H groups in total. The van der Waals surface area contributed by atoms with E-state index in [1.54, 1.807) is 0 Å². The first-order valence-corrected chi connectivity index (χ1v) is 7.56. The van der Waals surface area contributed by atoms with Crippen LogP contribution in [0.4, 0.5) is 0 Å². The van der Waals surface area contributed by atoms with E-state index in [4.69, 9.17) is 22.2 Å². The molecule has 19 heavy (non-hydrogen) atoms. The average molecular weight is 281 g/mol. The minimum atomic E-state index is 0.328. The highest BCUT2D eigenvalue weighted by Gasteiger charge is 2.27. The van der Waals surface area contributed by atoms with Crippen LogP contribution in [-0.4, -0.2) is 12.6 Å². The van der Waals surface area contributed by atoms with E-state index >= 15 is 0 Å². The summed E-state index contributed by atoms with van der Waals surface area (Å²) >= 11 is 6.21. The molecule has 0 saturated heterocycles. The monoisotopic (exact) mass is 280 g/mol. The molecule has 0 spiro atoms. The summed E-state index contributed by atoms with van der Waals surface area (Å²) in [6.07, 6.45) is 7.08. The lowest BCUT2D eigenvalue weighted by Crippen LogP contribution is -2.41. The number of rotatable bonds is 4. The van der Waals surface area contributed by atoms with Gasteiger partial charge in [-0.1, -0.05) is 24.4 Å². The maximum atomic E-state index is 6.21. The fourth-order valence-electron chi connectivity index (χ4n) is 3.46. The minimum absolute atomic E-state index is 0.328. The second-order valence-electron chi connectivity index (χ2n) is 5.67. The zero-order valence-electron chi connectivity index (χ0n) is 11.1. The Hall–Kier alpha value is -0.770. The van der Waals surface area contributed by atoms with E-state index in [1.165, 1.54) is 36.8 Å². The number of halogens is 1. The van der Waals surface area contributed by atoms with Crippen LogP contribution in [0.25, 0.3) is 0 Å². The van der Waals surface area contributed by atoms with Crippen molar-refractivity contribution < 1.29 is 4.74 Å². The van der Waals surface area contributed by atoms with Gasteiger partial charge in [-0.05, 0) is 48.4 Å². The van der Waals surface area contributed by atoms with Crippen LogP contribution in [0, 0.1) is 5.92 Å². The maximum Gasteiger partial charge on any atom is 0.125 e. The normalized spacial score (nSPS) is 20.3. The Kier molecular flexibility index (Phi) is 3.96. The number of benzene rings is 1. The Labute approximate surface area is 119 Å². The van der Waals surface area contributed by atoms with Crippen LogP contribution in [0.5, 0.6) is 5.75 Å². The van der Waals surface area contributed by atoms with Crippen molar-refractivity contribution in [2.75, 3.05) is 6.61 Å². The standard InChI is InChI=1S/C15H21ClN2O/c16-13-7-11-5-6-19-15(11)12(8-13)9-14(18-17)10-3-1-2-4-10/h7-8,10,14,18H,1-6,9,17H2. The van der Waals surface area contributed by atoms with E-state index in [2.05, 4.69) is 5.43 Å². The molecular weight excluding hydrogens is 260 g/mol. The van der Waals surface area contributed by atoms with Crippen molar-refractivity contribution in [2.24, 2.45) is 11.8 Å². The van der Waals surface area contributed by atoms with E-state index in [0.29, 0.717) is 12.0 Å². The van der Waals surface area contributed by atoms with Crippen molar-refractivity contribution in [3.63, 3.8) is 0 Å². The van der Waals surface area contributed by atoms with Gasteiger partial charge in [0.25, 0.3) is 0 Å². The second kappa shape index (κ2) is 5.70. The van der Waals surface area contributed by atoms with Crippen molar-refractivity contribution in [1.29, 1.82) is 0 Å². The quantitative estimate of drug-likeness (QED) is 0.659. The summed E-state index contributed by atoms with van der Waals surface area (Å²) in [5.74, 6) is 7.49. The van der Waals surface area contributed by atoms with Gasteiger partial charge < -0.3 is 4.74 Å². The summed E-state index contributed by atoms with van der Waals surface area (Å²) in [5, 5.41) is 0.807. The first kappa shape index (κ1) is 13.2. The molecule has 1 aromatic carbocycles. The summed E-state index contributed by atoms with van der Waals surface area (Å²) in [6, 6.07) is 4.38. The highest BCUT2D eigenvalue weighted by Crippen LogP contribution is 2.36. The Morgan fingerprint density at radius 2 is 2.16 bits per heavy atom. The van der Waals surface area contributed by atoms with Crippen molar-refractivity contribution in [3.8, 4) is 5.75 Å². The molecule has 1 aliphatic carbocycles. The van der Waals surface area contributed by atoms with Gasteiger partial charge in [0.2, 0.25) is 0 Å². The van der Waals surface area contributed by atoms with Crippen LogP contribution in [-0.2, 0) is 12.8 Å². The SMILES string of the molecule is NNC(Cc1cc(Cl)cc2c1OCC2)C1CCCC1. The Bertz CT molecular complexity index is 458. The number of hydrazine groups is 1. The summed E-state index contributed by atoms with van der Waals surface area (Å²) in [5.41, 5.74) is 5.45. The molecule has 1 unspecified atom stereocenters. The number of hydrogen-bond donors (Lipinski definition) is 2. The van der Waals surface area contributed by atoms with E-state index in [-0.39, 0.29) is 0 Å². The molecule has 0 bridgehead atoms. The van der Waals surface area contributed by atoms with Gasteiger partial charge in [0, 0.05) is 17.5 Å². The minimum Gasteiger partial charge on any atom is -0.493 e. The van der Waals surface area contributed by atoms with Crippen molar-refractivity contribution in [1.82, 2.24) is 5.43 Å². The molecule has 104 valence electrons. The van der Waals surface area contributed by atoms with Gasteiger partial charge >= 0.3 is 0 Å². The lowest BCUT2D eigenvalue weighted by molar-refractivity contribution is 0.337. The zero-order chi connectivity index (χ0) is 13.2. The molecule has 1 aromatic rings. The lowest BCUT2D eigenvalue weighted by Gasteiger charge is -2.23. The molecule has 0 amide bonds. The van der Waals surface area contributed by atoms with Crippen LogP contribution in [0.1, 0.15) is 36.8 Å². The summed E-state index contributed by atoms with van der Waals surface area (Å²) < 4.78 is 5.77. The van der Waals surface area contributed by atoms with E-state index in [9.17, 15) is 0 Å². The molecule has 1 saturated carbocycles. The Morgan fingerprint density at radius 1 is 1.37 bits per heavy atom. The predicted molar refractivity (Wildman–Crippen MR) is 77.4 cm³/mol. The topological polar surface area (TPSA) is 47.3 Å². The van der Waals surface area contributed by atoms with Crippen LogP contribution in [0.2, 0.25) is 5.02 Å². The molecule has 3 nitrogen and oxygen atoms in total. The first-order chi connectivity index (χ1) is 9.28. The molecule has 0 radical (unpaired) electrons. The van der Waals surface area contributed by atoms with Crippen LogP contribution in [0.15, 0.2) is 12.1 Å². The zero-order valence-corrected chi connectivity index (χ0v) is 11.9. The number of nitrogens with two attached hydrogens (primary N) is 1. The van der Waals surface area contributed by atoms with Crippen LogP contribution >= 0.6 is 11.6 Å². The molecule has 4 heteroatoms. The first-order valence-electron chi connectivity index (χ1n) is 7.18. The average Bonchev–Trinajstić information content (AvgIpc) is 3.05. The van der Waals surface area contributed by atoms with Gasteiger partial charge in [-0.2, -0.15) is 0 Å². The molecule has 1 heterocycles. The van der Waals surface area contributed by atoms with Gasteiger partial charge in [-0.3, -0.25) is 11.3 Å². The summed E-state index contributed by atoms with van der Waals surface area (Å²) in [7, 11) is 0. The van der Waals surface area contributed by atoms with Crippen LogP contribution < -0.4 is 16.0 Å². The predicted octanol–water partition coefficient (Wildman–Crippen LogP) is 2.84. The summed E-state index contributed by atoms with van der Waals surface area (Å²) in [6.45, 7) is 0.771. The fraction of sp³-hybridized carbons (Fsp3) is 0.600. The maximum absolute atomic E-state index is 6.21. The second-order valence-corrected chi connectivity index (χ2v) is 6.11. The van der Waals surface area contributed by atoms with Crippen molar-refractivity contribution in [2.45, 2.75) is 44.6 Å². The third kappa shape index (κ3) is 2.73. The van der Waals surface area contributed by atoms with E-state index < -0.39 is 0 Å². The van der Waals surface area contributed by atoms with Gasteiger partial charge in [0.1, 0.15) is 5.75 Å². The molecular formula is C15H21ClN2O. The number of nitrogens with one attached hydrogen (secondary N) is 1. The number of fused-ring (bicyclic) bond motifs is 1. The Balaban J connectivity index is 1.81. The number of ether oxygens (including phenoxy) is 1. The molecule has 3 rings (SSSR count). The smallest absolute Gasteiger partial charge is 0.125 e. The third-order valence-electron chi connectivity index (χ3n) is 4.45. The van der Waals surface area contributed by atoms with Crippen LogP contribution in [0.3, 0.4) is 0 Å². The van der Waals surface area contributed by atoms with Gasteiger partial charge in [-0.25, -0.2) is 0 Å². The highest BCUT2D eigenvalue weighted by atomic mass is 35.5. The van der Waals surface area contributed by atoms with Gasteiger partial charge in [0.05, 0.1) is 6.61 Å².